The van der Waals surface area contributed by atoms with Crippen LogP contribution in [-0.2, 0) is 4.79 Å². The van der Waals surface area contributed by atoms with Crippen LogP contribution in [0.2, 0.25) is 0 Å². The molecule has 0 saturated carbocycles. The number of rotatable bonds is 3. The summed E-state index contributed by atoms with van der Waals surface area (Å²) in [6.45, 7) is 1.59. The van der Waals surface area contributed by atoms with Gasteiger partial charge in [0.1, 0.15) is 0 Å². The van der Waals surface area contributed by atoms with E-state index in [9.17, 15) is 4.79 Å². The van der Waals surface area contributed by atoms with Crippen molar-refractivity contribution in [3.05, 3.63) is 35.4 Å². The molecule has 0 amide bonds. The summed E-state index contributed by atoms with van der Waals surface area (Å²) in [6.07, 6.45) is 3.66. The van der Waals surface area contributed by atoms with Gasteiger partial charge in [-0.2, -0.15) is 0 Å². The standard InChI is InChI=1S/C11H12O2S/c1-8(11(12)13)6-9-4-3-5-10(7-9)14-2/h3-7H,1-2H3,(H,12,13)/b8-6+. The van der Waals surface area contributed by atoms with E-state index < -0.39 is 5.97 Å². The van der Waals surface area contributed by atoms with Crippen LogP contribution in [0.3, 0.4) is 0 Å². The molecule has 0 aliphatic rings. The lowest BCUT2D eigenvalue weighted by molar-refractivity contribution is -0.132. The number of hydrogen-bond donors (Lipinski definition) is 1. The van der Waals surface area contributed by atoms with Crippen LogP contribution in [0.25, 0.3) is 6.08 Å². The third-order valence-corrected chi connectivity index (χ3v) is 2.54. The molecule has 0 aromatic heterocycles. The molecule has 0 atom stereocenters. The monoisotopic (exact) mass is 208 g/mol. The van der Waals surface area contributed by atoms with E-state index in [4.69, 9.17) is 5.11 Å². The van der Waals surface area contributed by atoms with Gasteiger partial charge in [0.05, 0.1) is 0 Å². The van der Waals surface area contributed by atoms with Crippen molar-refractivity contribution in [3.8, 4) is 0 Å². The molecule has 0 heterocycles. The Balaban J connectivity index is 2.97. The molecular formula is C11H12O2S. The van der Waals surface area contributed by atoms with Crippen LogP contribution in [0.1, 0.15) is 12.5 Å². The lowest BCUT2D eigenvalue weighted by atomic mass is 10.1. The van der Waals surface area contributed by atoms with Crippen molar-refractivity contribution < 1.29 is 9.90 Å². The van der Waals surface area contributed by atoms with Crippen molar-refractivity contribution in [3.63, 3.8) is 0 Å². The van der Waals surface area contributed by atoms with Gasteiger partial charge >= 0.3 is 5.97 Å². The summed E-state index contributed by atoms with van der Waals surface area (Å²) in [7, 11) is 0. The molecule has 74 valence electrons. The highest BCUT2D eigenvalue weighted by molar-refractivity contribution is 7.98. The van der Waals surface area contributed by atoms with Crippen molar-refractivity contribution in [1.29, 1.82) is 0 Å². The largest absolute Gasteiger partial charge is 0.478 e. The van der Waals surface area contributed by atoms with Crippen molar-refractivity contribution in [2.45, 2.75) is 11.8 Å². The van der Waals surface area contributed by atoms with Gasteiger partial charge in [-0.3, -0.25) is 0 Å². The Morgan fingerprint density at radius 2 is 2.21 bits per heavy atom. The summed E-state index contributed by atoms with van der Waals surface area (Å²) >= 11 is 1.64. The van der Waals surface area contributed by atoms with E-state index in [0.29, 0.717) is 5.57 Å². The molecule has 0 aliphatic carbocycles. The maximum atomic E-state index is 10.6. The molecule has 1 aromatic rings. The van der Waals surface area contributed by atoms with Crippen LogP contribution in [0.4, 0.5) is 0 Å². The second-order valence-corrected chi connectivity index (χ2v) is 3.79. The van der Waals surface area contributed by atoms with Crippen LogP contribution in [0.15, 0.2) is 34.7 Å². The molecule has 1 aromatic carbocycles. The predicted octanol–water partition coefficient (Wildman–Crippen LogP) is 2.90. The molecule has 0 unspecified atom stereocenters. The Bertz CT molecular complexity index is 369. The van der Waals surface area contributed by atoms with E-state index in [0.717, 1.165) is 10.5 Å². The fourth-order valence-electron chi connectivity index (χ4n) is 1.04. The van der Waals surface area contributed by atoms with E-state index in [1.54, 1.807) is 24.8 Å². The summed E-state index contributed by atoms with van der Waals surface area (Å²) in [6, 6.07) is 7.79. The quantitative estimate of drug-likeness (QED) is 0.613. The molecule has 0 radical (unpaired) electrons. The minimum Gasteiger partial charge on any atom is -0.478 e. The Kier molecular flexibility index (Phi) is 3.77. The average Bonchev–Trinajstić information content (AvgIpc) is 2.18. The fraction of sp³-hybridized carbons (Fsp3) is 0.182. The number of aliphatic carboxylic acids is 1. The molecule has 0 saturated heterocycles. The first-order valence-corrected chi connectivity index (χ1v) is 5.41. The van der Waals surface area contributed by atoms with Gasteiger partial charge < -0.3 is 5.11 Å². The lowest BCUT2D eigenvalue weighted by Gasteiger charge is -1.99. The highest BCUT2D eigenvalue weighted by Crippen LogP contribution is 2.17. The fourth-order valence-corrected chi connectivity index (χ4v) is 1.51. The SMILES string of the molecule is CSc1cccc(/C=C(\C)C(=O)O)c1. The molecule has 0 spiro atoms. The highest BCUT2D eigenvalue weighted by Gasteiger charge is 1.99. The number of carbonyl (C=O) groups is 1. The smallest absolute Gasteiger partial charge is 0.331 e. The molecule has 0 bridgehead atoms. The van der Waals surface area contributed by atoms with Crippen molar-refractivity contribution in [2.75, 3.05) is 6.26 Å². The molecule has 1 rings (SSSR count). The summed E-state index contributed by atoms with van der Waals surface area (Å²) in [5.41, 5.74) is 1.28. The first kappa shape index (κ1) is 10.9. The molecule has 14 heavy (non-hydrogen) atoms. The number of carboxylic acids is 1. The number of thioether (sulfide) groups is 1. The minimum atomic E-state index is -0.875. The zero-order valence-electron chi connectivity index (χ0n) is 8.15. The second-order valence-electron chi connectivity index (χ2n) is 2.91. The third kappa shape index (κ3) is 2.92. The van der Waals surface area contributed by atoms with Crippen LogP contribution in [0, 0.1) is 0 Å². The van der Waals surface area contributed by atoms with Crippen LogP contribution in [-0.4, -0.2) is 17.3 Å². The van der Waals surface area contributed by atoms with Crippen molar-refractivity contribution >= 4 is 23.8 Å². The summed E-state index contributed by atoms with van der Waals surface area (Å²) in [5, 5.41) is 8.70. The Morgan fingerprint density at radius 3 is 2.79 bits per heavy atom. The van der Waals surface area contributed by atoms with Crippen LogP contribution in [0.5, 0.6) is 0 Å². The number of carboxylic acid groups (broad SMARTS) is 1. The first-order chi connectivity index (χ1) is 6.63. The second kappa shape index (κ2) is 4.86. The van der Waals surface area contributed by atoms with Gasteiger partial charge in [0, 0.05) is 10.5 Å². The van der Waals surface area contributed by atoms with E-state index in [1.165, 1.54) is 0 Å². The molecule has 1 N–H and O–H groups in total. The number of hydrogen-bond acceptors (Lipinski definition) is 2. The predicted molar refractivity (Wildman–Crippen MR) is 59.5 cm³/mol. The molecule has 3 heteroatoms. The van der Waals surface area contributed by atoms with E-state index in [1.807, 2.05) is 30.5 Å². The summed E-state index contributed by atoms with van der Waals surface area (Å²) < 4.78 is 0. The van der Waals surface area contributed by atoms with Gasteiger partial charge in [0.15, 0.2) is 0 Å². The Hall–Kier alpha value is -1.22. The van der Waals surface area contributed by atoms with E-state index >= 15 is 0 Å². The topological polar surface area (TPSA) is 37.3 Å². The van der Waals surface area contributed by atoms with Crippen molar-refractivity contribution in [2.24, 2.45) is 0 Å². The van der Waals surface area contributed by atoms with Gasteiger partial charge in [-0.05, 0) is 37.0 Å². The Morgan fingerprint density at radius 1 is 1.50 bits per heavy atom. The zero-order valence-corrected chi connectivity index (χ0v) is 8.97. The normalized spacial score (nSPS) is 11.4. The van der Waals surface area contributed by atoms with Crippen molar-refractivity contribution in [1.82, 2.24) is 0 Å². The van der Waals surface area contributed by atoms with E-state index in [-0.39, 0.29) is 0 Å². The average molecular weight is 208 g/mol. The maximum absolute atomic E-state index is 10.6. The maximum Gasteiger partial charge on any atom is 0.331 e. The molecule has 2 nitrogen and oxygen atoms in total. The third-order valence-electron chi connectivity index (χ3n) is 1.81. The van der Waals surface area contributed by atoms with Crippen LogP contribution < -0.4 is 0 Å². The van der Waals surface area contributed by atoms with Gasteiger partial charge in [-0.1, -0.05) is 12.1 Å². The molecule has 0 aliphatic heterocycles. The first-order valence-electron chi connectivity index (χ1n) is 4.19. The number of benzene rings is 1. The van der Waals surface area contributed by atoms with Crippen LogP contribution >= 0.6 is 11.8 Å². The van der Waals surface area contributed by atoms with Gasteiger partial charge in [-0.15, -0.1) is 11.8 Å². The van der Waals surface area contributed by atoms with Gasteiger partial charge in [-0.25, -0.2) is 4.79 Å². The highest BCUT2D eigenvalue weighted by atomic mass is 32.2. The zero-order chi connectivity index (χ0) is 10.6. The van der Waals surface area contributed by atoms with Gasteiger partial charge in [0.2, 0.25) is 0 Å². The summed E-state index contributed by atoms with van der Waals surface area (Å²) in [4.78, 5) is 11.7. The van der Waals surface area contributed by atoms with Gasteiger partial charge in [0.25, 0.3) is 0 Å². The lowest BCUT2D eigenvalue weighted by Crippen LogP contribution is -1.95. The minimum absolute atomic E-state index is 0.350. The Labute approximate surface area is 87.6 Å². The van der Waals surface area contributed by atoms with E-state index in [2.05, 4.69) is 0 Å². The molecule has 0 fully saturated rings. The molecular weight excluding hydrogens is 196 g/mol. The summed E-state index contributed by atoms with van der Waals surface area (Å²) in [5.74, 6) is -0.875.